The summed E-state index contributed by atoms with van der Waals surface area (Å²) in [6.45, 7) is 3.82. The summed E-state index contributed by atoms with van der Waals surface area (Å²) in [5, 5.41) is 19.1. The fraction of sp³-hybridized carbons (Fsp3) is 0.286. The molecule has 20 heavy (non-hydrogen) atoms. The van der Waals surface area contributed by atoms with Crippen LogP contribution in [0.15, 0.2) is 24.3 Å². The van der Waals surface area contributed by atoms with Crippen molar-refractivity contribution in [2.75, 3.05) is 10.6 Å². The van der Waals surface area contributed by atoms with E-state index in [2.05, 4.69) is 15.7 Å². The SMILES string of the molecule is CCc1cc(NC(=O)Nc2ccc(O)cc2C)n(C)n1. The van der Waals surface area contributed by atoms with Crippen molar-refractivity contribution in [2.45, 2.75) is 20.3 Å². The van der Waals surface area contributed by atoms with Crippen molar-refractivity contribution in [3.05, 3.63) is 35.5 Å². The molecule has 3 N–H and O–H groups in total. The fourth-order valence-electron chi connectivity index (χ4n) is 1.87. The Morgan fingerprint density at radius 2 is 2.10 bits per heavy atom. The maximum atomic E-state index is 11.9. The van der Waals surface area contributed by atoms with Crippen LogP contribution < -0.4 is 10.6 Å². The number of aromatic nitrogens is 2. The summed E-state index contributed by atoms with van der Waals surface area (Å²) < 4.78 is 1.63. The largest absolute Gasteiger partial charge is 0.508 e. The van der Waals surface area contributed by atoms with Crippen LogP contribution in [0.1, 0.15) is 18.2 Å². The number of phenols is 1. The third kappa shape index (κ3) is 3.09. The van der Waals surface area contributed by atoms with Crippen LogP contribution in [0.25, 0.3) is 0 Å². The van der Waals surface area contributed by atoms with Gasteiger partial charge in [-0.2, -0.15) is 5.10 Å². The van der Waals surface area contributed by atoms with Crippen molar-refractivity contribution >= 4 is 17.5 Å². The first-order chi connectivity index (χ1) is 9.49. The predicted molar refractivity (Wildman–Crippen MR) is 78.1 cm³/mol. The lowest BCUT2D eigenvalue weighted by Gasteiger charge is -2.10. The Kier molecular flexibility index (Phi) is 3.93. The third-order valence-electron chi connectivity index (χ3n) is 2.99. The summed E-state index contributed by atoms with van der Waals surface area (Å²) in [5.74, 6) is 0.809. The van der Waals surface area contributed by atoms with Crippen molar-refractivity contribution in [2.24, 2.45) is 7.05 Å². The molecule has 1 aromatic heterocycles. The number of carbonyl (C=O) groups is 1. The molecule has 6 heteroatoms. The molecule has 1 aromatic carbocycles. The van der Waals surface area contributed by atoms with Gasteiger partial charge in [0.15, 0.2) is 0 Å². The molecular formula is C14H18N4O2. The second kappa shape index (κ2) is 5.64. The number of aromatic hydroxyl groups is 1. The zero-order valence-corrected chi connectivity index (χ0v) is 11.8. The van der Waals surface area contributed by atoms with Gasteiger partial charge in [0.1, 0.15) is 11.6 Å². The highest BCUT2D eigenvalue weighted by Crippen LogP contribution is 2.20. The topological polar surface area (TPSA) is 79.2 Å². The predicted octanol–water partition coefficient (Wildman–Crippen LogP) is 2.64. The number of hydrogen-bond acceptors (Lipinski definition) is 3. The molecule has 1 heterocycles. The number of phenolic OH excluding ortho intramolecular Hbond substituents is 1. The normalized spacial score (nSPS) is 10.3. The first-order valence-electron chi connectivity index (χ1n) is 6.40. The number of rotatable bonds is 3. The van der Waals surface area contributed by atoms with E-state index in [1.54, 1.807) is 23.9 Å². The summed E-state index contributed by atoms with van der Waals surface area (Å²) in [6, 6.07) is 6.27. The molecule has 106 valence electrons. The van der Waals surface area contributed by atoms with Gasteiger partial charge in [-0.15, -0.1) is 0 Å². The molecule has 2 aromatic rings. The number of nitrogens with zero attached hydrogens (tertiary/aromatic N) is 2. The zero-order chi connectivity index (χ0) is 14.7. The number of urea groups is 1. The van der Waals surface area contributed by atoms with E-state index in [1.165, 1.54) is 6.07 Å². The highest BCUT2D eigenvalue weighted by Gasteiger charge is 2.09. The fourth-order valence-corrected chi connectivity index (χ4v) is 1.87. The number of anilines is 2. The van der Waals surface area contributed by atoms with Crippen molar-refractivity contribution in [3.8, 4) is 5.75 Å². The van der Waals surface area contributed by atoms with E-state index in [-0.39, 0.29) is 11.8 Å². The molecule has 6 nitrogen and oxygen atoms in total. The number of benzene rings is 1. The first kappa shape index (κ1) is 13.9. The molecule has 0 radical (unpaired) electrons. The number of hydrogen-bond donors (Lipinski definition) is 3. The number of aryl methyl sites for hydroxylation is 3. The monoisotopic (exact) mass is 274 g/mol. The van der Waals surface area contributed by atoms with Gasteiger partial charge in [0, 0.05) is 18.8 Å². The molecular weight excluding hydrogens is 256 g/mol. The maximum Gasteiger partial charge on any atom is 0.324 e. The highest BCUT2D eigenvalue weighted by molar-refractivity contribution is 5.99. The van der Waals surface area contributed by atoms with Crippen LogP contribution in [0, 0.1) is 6.92 Å². The maximum absolute atomic E-state index is 11.9. The van der Waals surface area contributed by atoms with Gasteiger partial charge in [-0.05, 0) is 37.1 Å². The molecule has 0 aliphatic carbocycles. The van der Waals surface area contributed by atoms with Gasteiger partial charge in [-0.25, -0.2) is 4.79 Å². The quantitative estimate of drug-likeness (QED) is 0.753. The molecule has 0 saturated heterocycles. The molecule has 0 aliphatic heterocycles. The lowest BCUT2D eigenvalue weighted by molar-refractivity contribution is 0.262. The van der Waals surface area contributed by atoms with Crippen molar-refractivity contribution in [1.29, 1.82) is 0 Å². The summed E-state index contributed by atoms with van der Waals surface area (Å²) in [7, 11) is 1.78. The molecule has 0 saturated carbocycles. The van der Waals surface area contributed by atoms with Crippen molar-refractivity contribution in [1.82, 2.24) is 9.78 Å². The van der Waals surface area contributed by atoms with Crippen molar-refractivity contribution in [3.63, 3.8) is 0 Å². The van der Waals surface area contributed by atoms with E-state index in [0.717, 1.165) is 17.7 Å². The Hall–Kier alpha value is -2.50. The number of amides is 2. The molecule has 0 fully saturated rings. The van der Waals surface area contributed by atoms with E-state index in [1.807, 2.05) is 19.9 Å². The van der Waals surface area contributed by atoms with E-state index in [4.69, 9.17) is 0 Å². The Bertz CT molecular complexity index is 634. The van der Waals surface area contributed by atoms with E-state index >= 15 is 0 Å². The molecule has 0 spiro atoms. The Balaban J connectivity index is 2.06. The van der Waals surface area contributed by atoms with Crippen LogP contribution in [0.5, 0.6) is 5.75 Å². The van der Waals surface area contributed by atoms with Gasteiger partial charge < -0.3 is 10.4 Å². The highest BCUT2D eigenvalue weighted by atomic mass is 16.3. The van der Waals surface area contributed by atoms with Crippen LogP contribution in [0.2, 0.25) is 0 Å². The summed E-state index contributed by atoms with van der Waals surface area (Å²) >= 11 is 0. The van der Waals surface area contributed by atoms with Gasteiger partial charge in [0.2, 0.25) is 0 Å². The summed E-state index contributed by atoms with van der Waals surface area (Å²) in [5.41, 5.74) is 2.36. The lowest BCUT2D eigenvalue weighted by Crippen LogP contribution is -2.21. The smallest absolute Gasteiger partial charge is 0.324 e. The van der Waals surface area contributed by atoms with E-state index < -0.39 is 0 Å². The average molecular weight is 274 g/mol. The average Bonchev–Trinajstić information content (AvgIpc) is 2.74. The Morgan fingerprint density at radius 3 is 2.70 bits per heavy atom. The van der Waals surface area contributed by atoms with Gasteiger partial charge in [-0.1, -0.05) is 6.92 Å². The Morgan fingerprint density at radius 1 is 1.35 bits per heavy atom. The van der Waals surface area contributed by atoms with Crippen LogP contribution >= 0.6 is 0 Å². The third-order valence-corrected chi connectivity index (χ3v) is 2.99. The van der Waals surface area contributed by atoms with E-state index in [9.17, 15) is 9.90 Å². The number of carbonyl (C=O) groups excluding carboxylic acids is 1. The minimum Gasteiger partial charge on any atom is -0.508 e. The minimum absolute atomic E-state index is 0.174. The zero-order valence-electron chi connectivity index (χ0n) is 11.8. The van der Waals surface area contributed by atoms with E-state index in [0.29, 0.717) is 11.5 Å². The minimum atomic E-state index is -0.343. The lowest BCUT2D eigenvalue weighted by atomic mass is 10.2. The second-order valence-corrected chi connectivity index (χ2v) is 4.58. The van der Waals surface area contributed by atoms with Gasteiger partial charge in [-0.3, -0.25) is 10.00 Å². The van der Waals surface area contributed by atoms with Gasteiger partial charge >= 0.3 is 6.03 Å². The molecule has 0 atom stereocenters. The number of nitrogens with one attached hydrogen (secondary N) is 2. The second-order valence-electron chi connectivity index (χ2n) is 4.58. The standard InChI is InChI=1S/C14H18N4O2/c1-4-10-8-13(18(3)17-10)16-14(20)15-12-6-5-11(19)7-9(12)2/h5-8,19H,4H2,1-3H3,(H2,15,16,20). The molecule has 0 aliphatic rings. The van der Waals surface area contributed by atoms with Gasteiger partial charge in [0.05, 0.1) is 5.69 Å². The van der Waals surface area contributed by atoms with Crippen molar-refractivity contribution < 1.29 is 9.90 Å². The van der Waals surface area contributed by atoms with Crippen LogP contribution in [-0.4, -0.2) is 20.9 Å². The first-order valence-corrected chi connectivity index (χ1v) is 6.40. The van der Waals surface area contributed by atoms with Crippen LogP contribution in [-0.2, 0) is 13.5 Å². The molecule has 2 amide bonds. The molecule has 0 unspecified atom stereocenters. The molecule has 2 rings (SSSR count). The Labute approximate surface area is 117 Å². The summed E-state index contributed by atoms with van der Waals surface area (Å²) in [6.07, 6.45) is 0.814. The van der Waals surface area contributed by atoms with Crippen LogP contribution in [0.4, 0.5) is 16.3 Å². The molecule has 0 bridgehead atoms. The van der Waals surface area contributed by atoms with Gasteiger partial charge in [0.25, 0.3) is 0 Å². The van der Waals surface area contributed by atoms with Crippen LogP contribution in [0.3, 0.4) is 0 Å². The summed E-state index contributed by atoms with van der Waals surface area (Å²) in [4.78, 5) is 11.9.